The van der Waals surface area contributed by atoms with E-state index in [-0.39, 0.29) is 12.0 Å². The van der Waals surface area contributed by atoms with E-state index in [1.807, 2.05) is 79.7 Å². The first-order chi connectivity index (χ1) is 17.7. The minimum absolute atomic E-state index is 0.112. The Morgan fingerprint density at radius 2 is 1.68 bits per heavy atom. The van der Waals surface area contributed by atoms with Crippen molar-refractivity contribution in [3.63, 3.8) is 0 Å². The Hall–Kier alpha value is -3.13. The Kier molecular flexibility index (Phi) is 8.37. The molecule has 0 aliphatic carbocycles. The van der Waals surface area contributed by atoms with Crippen molar-refractivity contribution in [2.45, 2.75) is 17.9 Å². The largest absolute Gasteiger partial charge is 0.481 e. The van der Waals surface area contributed by atoms with E-state index in [9.17, 15) is 9.50 Å². The summed E-state index contributed by atoms with van der Waals surface area (Å²) in [6.45, 7) is 0.429. The van der Waals surface area contributed by atoms with E-state index in [0.29, 0.717) is 18.0 Å². The monoisotopic (exact) mass is 566 g/mol. The van der Waals surface area contributed by atoms with E-state index >= 15 is 4.39 Å². The summed E-state index contributed by atoms with van der Waals surface area (Å²) in [7, 11) is 5.25. The molecule has 1 heterocycles. The summed E-state index contributed by atoms with van der Waals surface area (Å²) in [5.74, 6) is -1.82. The standard InChI is InChI=1S/C30H29BrF2N2O2/c1-35(2)16-15-30(36,26-18-24(32)13-14-27(26)33)28(21-7-5-4-6-8-21)25-17-22(19-34-29(25)37-3)20-9-11-23(31)12-10-20/h4-14,17-19,28,36H,15-16H2,1-3H3. The second kappa shape index (κ2) is 11.5. The van der Waals surface area contributed by atoms with Crippen LogP contribution in [-0.4, -0.2) is 42.7 Å². The molecule has 2 unspecified atom stereocenters. The van der Waals surface area contributed by atoms with Crippen LogP contribution in [0.25, 0.3) is 11.1 Å². The highest BCUT2D eigenvalue weighted by Gasteiger charge is 2.44. The molecule has 0 radical (unpaired) electrons. The van der Waals surface area contributed by atoms with Gasteiger partial charge in [0.2, 0.25) is 5.88 Å². The highest BCUT2D eigenvalue weighted by molar-refractivity contribution is 9.10. The molecule has 0 spiro atoms. The zero-order chi connectivity index (χ0) is 26.6. The Bertz CT molecular complexity index is 1350. The van der Waals surface area contributed by atoms with Crippen LogP contribution < -0.4 is 4.74 Å². The first-order valence-corrected chi connectivity index (χ1v) is 12.7. The number of benzene rings is 3. The van der Waals surface area contributed by atoms with E-state index < -0.39 is 23.2 Å². The van der Waals surface area contributed by atoms with Crippen LogP contribution in [0.5, 0.6) is 5.88 Å². The molecule has 0 amide bonds. The van der Waals surface area contributed by atoms with Crippen LogP contribution in [-0.2, 0) is 5.60 Å². The number of ether oxygens (including phenoxy) is 1. The summed E-state index contributed by atoms with van der Waals surface area (Å²) in [6, 6.07) is 22.2. The first kappa shape index (κ1) is 26.9. The molecule has 0 aliphatic heterocycles. The van der Waals surface area contributed by atoms with E-state index in [2.05, 4.69) is 20.9 Å². The fourth-order valence-corrected chi connectivity index (χ4v) is 4.93. The summed E-state index contributed by atoms with van der Waals surface area (Å²) in [6.07, 6.45) is 1.83. The molecule has 1 N–H and O–H groups in total. The first-order valence-electron chi connectivity index (χ1n) is 11.9. The third-order valence-corrected chi connectivity index (χ3v) is 7.03. The van der Waals surface area contributed by atoms with Crippen molar-refractivity contribution in [1.29, 1.82) is 0 Å². The summed E-state index contributed by atoms with van der Waals surface area (Å²) >= 11 is 3.46. The maximum atomic E-state index is 15.4. The molecule has 4 aromatic rings. The third-order valence-electron chi connectivity index (χ3n) is 6.51. The minimum Gasteiger partial charge on any atom is -0.481 e. The average Bonchev–Trinajstić information content (AvgIpc) is 2.90. The molecule has 192 valence electrons. The van der Waals surface area contributed by atoms with Gasteiger partial charge in [-0.15, -0.1) is 0 Å². The van der Waals surface area contributed by atoms with Crippen LogP contribution in [0.1, 0.15) is 29.0 Å². The number of pyridine rings is 1. The maximum absolute atomic E-state index is 15.4. The molecule has 7 heteroatoms. The average molecular weight is 567 g/mol. The zero-order valence-electron chi connectivity index (χ0n) is 21.0. The Morgan fingerprint density at radius 1 is 0.973 bits per heavy atom. The van der Waals surface area contributed by atoms with Gasteiger partial charge in [-0.25, -0.2) is 13.8 Å². The van der Waals surface area contributed by atoms with Crippen molar-refractivity contribution in [1.82, 2.24) is 9.88 Å². The molecule has 37 heavy (non-hydrogen) atoms. The molecule has 0 fully saturated rings. The number of halogens is 3. The van der Waals surface area contributed by atoms with Crippen molar-refractivity contribution < 1.29 is 18.6 Å². The van der Waals surface area contributed by atoms with Gasteiger partial charge in [0, 0.05) is 39.8 Å². The number of aliphatic hydroxyl groups is 1. The Labute approximate surface area is 224 Å². The van der Waals surface area contributed by atoms with Crippen molar-refractivity contribution in [2.75, 3.05) is 27.7 Å². The smallest absolute Gasteiger partial charge is 0.217 e. The fraction of sp³-hybridized carbons (Fsp3) is 0.233. The van der Waals surface area contributed by atoms with Crippen molar-refractivity contribution in [2.24, 2.45) is 0 Å². The summed E-state index contributed by atoms with van der Waals surface area (Å²) in [5, 5.41) is 12.5. The molecule has 1 aromatic heterocycles. The Morgan fingerprint density at radius 3 is 2.32 bits per heavy atom. The van der Waals surface area contributed by atoms with Gasteiger partial charge in [0.05, 0.1) is 7.11 Å². The predicted molar refractivity (Wildman–Crippen MR) is 146 cm³/mol. The van der Waals surface area contributed by atoms with E-state index in [1.165, 1.54) is 7.11 Å². The lowest BCUT2D eigenvalue weighted by Crippen LogP contribution is -2.38. The van der Waals surface area contributed by atoms with Gasteiger partial charge < -0.3 is 14.7 Å². The number of nitrogens with zero attached hydrogens (tertiary/aromatic N) is 2. The van der Waals surface area contributed by atoms with Crippen LogP contribution in [0, 0.1) is 11.6 Å². The van der Waals surface area contributed by atoms with Crippen LogP contribution in [0.3, 0.4) is 0 Å². The molecule has 0 bridgehead atoms. The highest BCUT2D eigenvalue weighted by atomic mass is 79.9. The highest BCUT2D eigenvalue weighted by Crippen LogP contribution is 2.48. The number of rotatable bonds is 9. The van der Waals surface area contributed by atoms with Crippen molar-refractivity contribution in [3.8, 4) is 17.0 Å². The Balaban J connectivity index is 2.01. The van der Waals surface area contributed by atoms with Gasteiger partial charge in [-0.3, -0.25) is 0 Å². The molecule has 0 aliphatic rings. The normalized spacial score (nSPS) is 13.8. The van der Waals surface area contributed by atoms with Gasteiger partial charge in [-0.2, -0.15) is 0 Å². The lowest BCUT2D eigenvalue weighted by molar-refractivity contribution is 0.000317. The number of methoxy groups -OCH3 is 1. The molecule has 2 atom stereocenters. The maximum Gasteiger partial charge on any atom is 0.217 e. The lowest BCUT2D eigenvalue weighted by atomic mass is 9.71. The third kappa shape index (κ3) is 5.90. The predicted octanol–water partition coefficient (Wildman–Crippen LogP) is 6.77. The summed E-state index contributed by atoms with van der Waals surface area (Å²) in [4.78, 5) is 6.46. The molecule has 0 saturated carbocycles. The molecule has 3 aromatic carbocycles. The fourth-order valence-electron chi connectivity index (χ4n) is 4.66. The lowest BCUT2D eigenvalue weighted by Gasteiger charge is -2.39. The molecular formula is C30H29BrF2N2O2. The number of hydrogen-bond donors (Lipinski definition) is 1. The second-order valence-corrected chi connectivity index (χ2v) is 10.2. The van der Waals surface area contributed by atoms with Crippen molar-refractivity contribution in [3.05, 3.63) is 118 Å². The van der Waals surface area contributed by atoms with Crippen LogP contribution in [0.15, 0.2) is 89.5 Å². The number of aromatic nitrogens is 1. The van der Waals surface area contributed by atoms with E-state index in [4.69, 9.17) is 4.74 Å². The van der Waals surface area contributed by atoms with E-state index in [1.54, 1.807) is 6.20 Å². The van der Waals surface area contributed by atoms with Crippen LogP contribution >= 0.6 is 15.9 Å². The summed E-state index contributed by atoms with van der Waals surface area (Å²) < 4.78 is 36.4. The minimum atomic E-state index is -1.83. The molecule has 4 rings (SSSR count). The van der Waals surface area contributed by atoms with Crippen LogP contribution in [0.2, 0.25) is 0 Å². The summed E-state index contributed by atoms with van der Waals surface area (Å²) in [5.41, 5.74) is 1.07. The van der Waals surface area contributed by atoms with Gasteiger partial charge in [0.25, 0.3) is 0 Å². The number of hydrogen-bond acceptors (Lipinski definition) is 4. The van der Waals surface area contributed by atoms with Gasteiger partial charge in [0.1, 0.15) is 17.2 Å². The van der Waals surface area contributed by atoms with Gasteiger partial charge in [-0.1, -0.05) is 58.4 Å². The van der Waals surface area contributed by atoms with E-state index in [0.717, 1.165) is 39.4 Å². The van der Waals surface area contributed by atoms with Gasteiger partial charge in [0.15, 0.2) is 0 Å². The quantitative estimate of drug-likeness (QED) is 0.243. The van der Waals surface area contributed by atoms with Crippen molar-refractivity contribution >= 4 is 15.9 Å². The van der Waals surface area contributed by atoms with Gasteiger partial charge in [-0.05, 0) is 68.0 Å². The molecular weight excluding hydrogens is 538 g/mol. The molecule has 4 nitrogen and oxygen atoms in total. The van der Waals surface area contributed by atoms with Crippen LogP contribution in [0.4, 0.5) is 8.78 Å². The second-order valence-electron chi connectivity index (χ2n) is 9.27. The van der Waals surface area contributed by atoms with Gasteiger partial charge >= 0.3 is 0 Å². The molecule has 0 saturated heterocycles. The topological polar surface area (TPSA) is 45.6 Å². The zero-order valence-corrected chi connectivity index (χ0v) is 22.5. The SMILES string of the molecule is COc1ncc(-c2ccc(Br)cc2)cc1C(c1ccccc1)C(O)(CCN(C)C)c1cc(F)ccc1F.